The van der Waals surface area contributed by atoms with Crippen LogP contribution >= 0.6 is 0 Å². The molecule has 0 unspecified atom stereocenters. The van der Waals surface area contributed by atoms with Crippen molar-refractivity contribution in [3.8, 4) is 0 Å². The second-order valence-electron chi connectivity index (χ2n) is 2.30. The fourth-order valence-electron chi connectivity index (χ4n) is 0.812. The lowest BCUT2D eigenvalue weighted by atomic mass is 10.1. The van der Waals surface area contributed by atoms with Gasteiger partial charge in [0.2, 0.25) is 0 Å². The Labute approximate surface area is 63.8 Å². The number of hydrogen-bond acceptors (Lipinski definition) is 2. The van der Waals surface area contributed by atoms with Crippen molar-refractivity contribution >= 4 is 12.0 Å². The number of nitrogens with two attached hydrogens (primary N) is 1. The number of aldehydes is 1. The molecule has 2 nitrogen and oxygen atoms in total. The quantitative estimate of drug-likeness (QED) is 0.491. The number of benzene rings is 1. The summed E-state index contributed by atoms with van der Waals surface area (Å²) < 4.78 is 13.0. The second-order valence-corrected chi connectivity index (χ2v) is 2.30. The summed E-state index contributed by atoms with van der Waals surface area (Å²) in [5, 5.41) is 0. The Bertz CT molecular complexity index is 296. The molecule has 0 aromatic heterocycles. The lowest BCUT2D eigenvalue weighted by molar-refractivity contribution is 0.111. The van der Waals surface area contributed by atoms with Gasteiger partial charge in [0, 0.05) is 11.3 Å². The van der Waals surface area contributed by atoms with E-state index in [0.29, 0.717) is 17.5 Å². The van der Waals surface area contributed by atoms with Gasteiger partial charge in [0.25, 0.3) is 0 Å². The Morgan fingerprint density at radius 1 is 1.55 bits per heavy atom. The molecule has 1 aromatic carbocycles. The minimum atomic E-state index is -0.528. The highest BCUT2D eigenvalue weighted by molar-refractivity contribution is 5.77. The van der Waals surface area contributed by atoms with Gasteiger partial charge in [-0.2, -0.15) is 0 Å². The van der Waals surface area contributed by atoms with Gasteiger partial charge >= 0.3 is 0 Å². The van der Waals surface area contributed by atoms with Crippen LogP contribution in [0.15, 0.2) is 12.1 Å². The SMILES string of the molecule is Cc1c(N)ccc(C=O)c1F. The largest absolute Gasteiger partial charge is 0.398 e. The molecule has 0 fully saturated rings. The van der Waals surface area contributed by atoms with Crippen LogP contribution < -0.4 is 5.73 Å². The van der Waals surface area contributed by atoms with Gasteiger partial charge < -0.3 is 5.73 Å². The Morgan fingerprint density at radius 2 is 2.18 bits per heavy atom. The van der Waals surface area contributed by atoms with Gasteiger partial charge in [0.05, 0.1) is 5.56 Å². The van der Waals surface area contributed by atoms with Crippen LogP contribution in [0.1, 0.15) is 15.9 Å². The summed E-state index contributed by atoms with van der Waals surface area (Å²) in [4.78, 5) is 10.2. The minimum Gasteiger partial charge on any atom is -0.398 e. The maximum Gasteiger partial charge on any atom is 0.153 e. The van der Waals surface area contributed by atoms with E-state index in [9.17, 15) is 9.18 Å². The number of halogens is 1. The molecule has 0 spiro atoms. The third-order valence-corrected chi connectivity index (χ3v) is 1.59. The van der Waals surface area contributed by atoms with E-state index >= 15 is 0 Å². The van der Waals surface area contributed by atoms with E-state index in [2.05, 4.69) is 0 Å². The van der Waals surface area contributed by atoms with Gasteiger partial charge in [-0.15, -0.1) is 0 Å². The third kappa shape index (κ3) is 1.22. The van der Waals surface area contributed by atoms with Crippen LogP contribution in [0.4, 0.5) is 10.1 Å². The molecule has 0 heterocycles. The molecule has 0 atom stereocenters. The molecular formula is C8H8FNO. The molecule has 0 saturated heterocycles. The van der Waals surface area contributed by atoms with Gasteiger partial charge in [-0.05, 0) is 19.1 Å². The van der Waals surface area contributed by atoms with Crippen molar-refractivity contribution in [2.45, 2.75) is 6.92 Å². The summed E-state index contributed by atoms with van der Waals surface area (Å²) in [6, 6.07) is 2.88. The van der Waals surface area contributed by atoms with Crippen LogP contribution in [0, 0.1) is 12.7 Å². The van der Waals surface area contributed by atoms with Crippen molar-refractivity contribution in [2.24, 2.45) is 0 Å². The summed E-state index contributed by atoms with van der Waals surface area (Å²) in [6.07, 6.45) is 0.474. The van der Waals surface area contributed by atoms with Crippen LogP contribution in [0.3, 0.4) is 0 Å². The first-order valence-electron chi connectivity index (χ1n) is 3.16. The number of anilines is 1. The van der Waals surface area contributed by atoms with E-state index in [0.717, 1.165) is 0 Å². The summed E-state index contributed by atoms with van der Waals surface area (Å²) in [6.45, 7) is 1.54. The fourth-order valence-corrected chi connectivity index (χ4v) is 0.812. The zero-order valence-corrected chi connectivity index (χ0v) is 6.10. The number of carbonyl (C=O) groups is 1. The summed E-state index contributed by atoms with van der Waals surface area (Å²) in [5.74, 6) is -0.528. The van der Waals surface area contributed by atoms with Crippen molar-refractivity contribution in [3.63, 3.8) is 0 Å². The van der Waals surface area contributed by atoms with Crippen molar-refractivity contribution in [1.29, 1.82) is 0 Å². The van der Waals surface area contributed by atoms with E-state index < -0.39 is 5.82 Å². The normalized spacial score (nSPS) is 9.64. The van der Waals surface area contributed by atoms with Crippen molar-refractivity contribution in [1.82, 2.24) is 0 Å². The molecule has 1 aromatic rings. The Hall–Kier alpha value is -1.38. The number of carbonyl (C=O) groups excluding carboxylic acids is 1. The molecule has 0 radical (unpaired) electrons. The van der Waals surface area contributed by atoms with E-state index in [1.807, 2.05) is 0 Å². The van der Waals surface area contributed by atoms with Gasteiger partial charge in [-0.25, -0.2) is 4.39 Å². The van der Waals surface area contributed by atoms with Crippen LogP contribution in [0.5, 0.6) is 0 Å². The van der Waals surface area contributed by atoms with E-state index in [4.69, 9.17) is 5.73 Å². The van der Waals surface area contributed by atoms with Gasteiger partial charge in [0.1, 0.15) is 5.82 Å². The summed E-state index contributed by atoms with van der Waals surface area (Å²) in [7, 11) is 0. The predicted molar refractivity (Wildman–Crippen MR) is 40.9 cm³/mol. The first-order chi connectivity index (χ1) is 5.16. The Morgan fingerprint density at radius 3 is 2.73 bits per heavy atom. The lowest BCUT2D eigenvalue weighted by Gasteiger charge is -2.01. The summed E-state index contributed by atoms with van der Waals surface area (Å²) in [5.41, 5.74) is 6.14. The molecule has 0 aliphatic heterocycles. The second kappa shape index (κ2) is 2.70. The maximum absolute atomic E-state index is 13.0. The molecule has 0 bridgehead atoms. The topological polar surface area (TPSA) is 43.1 Å². The molecule has 3 heteroatoms. The van der Waals surface area contributed by atoms with Crippen LogP contribution in [-0.4, -0.2) is 6.29 Å². The Kier molecular flexibility index (Phi) is 1.89. The highest BCUT2D eigenvalue weighted by Crippen LogP contribution is 2.16. The van der Waals surface area contributed by atoms with E-state index in [-0.39, 0.29) is 5.56 Å². The number of hydrogen-bond donors (Lipinski definition) is 1. The zero-order chi connectivity index (χ0) is 8.43. The average molecular weight is 153 g/mol. The van der Waals surface area contributed by atoms with E-state index in [1.54, 1.807) is 0 Å². The van der Waals surface area contributed by atoms with Gasteiger partial charge in [-0.1, -0.05) is 0 Å². The standard InChI is InChI=1S/C8H8FNO/c1-5-7(10)3-2-6(4-11)8(5)9/h2-4H,10H2,1H3. The summed E-state index contributed by atoms with van der Waals surface area (Å²) >= 11 is 0. The third-order valence-electron chi connectivity index (χ3n) is 1.59. The molecule has 0 aliphatic carbocycles. The fraction of sp³-hybridized carbons (Fsp3) is 0.125. The predicted octanol–water partition coefficient (Wildman–Crippen LogP) is 1.53. The average Bonchev–Trinajstić information content (AvgIpc) is 2.01. The molecular weight excluding hydrogens is 145 g/mol. The highest BCUT2D eigenvalue weighted by atomic mass is 19.1. The Balaban J connectivity index is 3.36. The molecule has 58 valence electrons. The lowest BCUT2D eigenvalue weighted by Crippen LogP contribution is -1.96. The first kappa shape index (κ1) is 7.72. The van der Waals surface area contributed by atoms with Gasteiger partial charge in [-0.3, -0.25) is 4.79 Å². The van der Waals surface area contributed by atoms with Gasteiger partial charge in [0.15, 0.2) is 6.29 Å². The number of nitrogen functional groups attached to an aromatic ring is 1. The monoisotopic (exact) mass is 153 g/mol. The smallest absolute Gasteiger partial charge is 0.153 e. The highest BCUT2D eigenvalue weighted by Gasteiger charge is 2.05. The van der Waals surface area contributed by atoms with Crippen LogP contribution in [-0.2, 0) is 0 Å². The zero-order valence-electron chi connectivity index (χ0n) is 6.10. The first-order valence-corrected chi connectivity index (χ1v) is 3.16. The van der Waals surface area contributed by atoms with Crippen LogP contribution in [0.25, 0.3) is 0 Å². The molecule has 0 aliphatic rings. The van der Waals surface area contributed by atoms with E-state index in [1.165, 1.54) is 19.1 Å². The molecule has 1 rings (SSSR count). The maximum atomic E-state index is 13.0. The molecule has 0 amide bonds. The van der Waals surface area contributed by atoms with Crippen molar-refractivity contribution in [3.05, 3.63) is 29.1 Å². The molecule has 11 heavy (non-hydrogen) atoms. The molecule has 2 N–H and O–H groups in total. The number of rotatable bonds is 1. The van der Waals surface area contributed by atoms with Crippen LogP contribution in [0.2, 0.25) is 0 Å². The molecule has 0 saturated carbocycles. The van der Waals surface area contributed by atoms with Crippen molar-refractivity contribution < 1.29 is 9.18 Å². The van der Waals surface area contributed by atoms with Crippen molar-refractivity contribution in [2.75, 3.05) is 5.73 Å². The minimum absolute atomic E-state index is 0.0525.